The van der Waals surface area contributed by atoms with Crippen LogP contribution in [0, 0.1) is 32.3 Å². The van der Waals surface area contributed by atoms with E-state index in [1.807, 2.05) is 56.3 Å². The van der Waals surface area contributed by atoms with E-state index < -0.39 is 5.91 Å². The minimum atomic E-state index is -0.450. The first kappa shape index (κ1) is 25.8. The molecule has 168 valence electrons. The zero-order valence-electron chi connectivity index (χ0n) is 17.7. The van der Waals surface area contributed by atoms with Crippen LogP contribution in [0.1, 0.15) is 22.3 Å². The molecule has 0 saturated heterocycles. The topological polar surface area (TPSA) is 62.1 Å². The molecule has 1 amide bonds. The van der Waals surface area contributed by atoms with Gasteiger partial charge in [-0.1, -0.05) is 47.0 Å². The van der Waals surface area contributed by atoms with Crippen molar-refractivity contribution in [3.8, 4) is 11.8 Å². The summed E-state index contributed by atoms with van der Waals surface area (Å²) in [4.78, 5) is 12.7. The number of nitrogens with one attached hydrogen (secondary N) is 1. The normalized spacial score (nSPS) is 11.1. The Bertz CT molecular complexity index is 1280. The summed E-state index contributed by atoms with van der Waals surface area (Å²) >= 11 is 16.4. The predicted octanol–water partition coefficient (Wildman–Crippen LogP) is 7.94. The van der Waals surface area contributed by atoms with Crippen molar-refractivity contribution in [2.45, 2.75) is 20.5 Å². The molecule has 0 unspecified atom stereocenters. The zero-order valence-corrected chi connectivity index (χ0v) is 23.5. The van der Waals surface area contributed by atoms with Crippen molar-refractivity contribution in [1.29, 1.82) is 5.26 Å². The van der Waals surface area contributed by atoms with Crippen molar-refractivity contribution < 1.29 is 9.53 Å². The highest BCUT2D eigenvalue weighted by Gasteiger charge is 2.14. The molecule has 0 radical (unpaired) electrons. The van der Waals surface area contributed by atoms with Crippen molar-refractivity contribution >= 4 is 86.1 Å². The number of aryl methyl sites for hydroxylation is 2. The fraction of sp³-hybridized carbons (Fsp3) is 0.120. The molecular formula is C25H18Cl2I2N2O2. The smallest absolute Gasteiger partial charge is 0.266 e. The summed E-state index contributed by atoms with van der Waals surface area (Å²) in [6.07, 6.45) is 1.58. The summed E-state index contributed by atoms with van der Waals surface area (Å²) in [5.74, 6) is 0.270. The maximum Gasteiger partial charge on any atom is 0.266 e. The summed E-state index contributed by atoms with van der Waals surface area (Å²) in [7, 11) is 0. The van der Waals surface area contributed by atoms with E-state index in [0.29, 0.717) is 22.3 Å². The number of ether oxygens (including phenoxy) is 1. The van der Waals surface area contributed by atoms with E-state index in [0.717, 1.165) is 35.1 Å². The Morgan fingerprint density at radius 3 is 2.36 bits per heavy atom. The van der Waals surface area contributed by atoms with Gasteiger partial charge in [-0.25, -0.2) is 0 Å². The first-order valence-corrected chi connectivity index (χ1v) is 12.7. The van der Waals surface area contributed by atoms with Crippen molar-refractivity contribution in [3.05, 3.63) is 93.5 Å². The predicted molar refractivity (Wildman–Crippen MR) is 151 cm³/mol. The molecule has 0 aromatic heterocycles. The molecule has 0 fully saturated rings. The van der Waals surface area contributed by atoms with E-state index in [9.17, 15) is 10.1 Å². The van der Waals surface area contributed by atoms with Crippen LogP contribution in [0.5, 0.6) is 5.75 Å². The van der Waals surface area contributed by atoms with Gasteiger partial charge >= 0.3 is 0 Å². The molecule has 0 spiro atoms. The van der Waals surface area contributed by atoms with Gasteiger partial charge in [0.15, 0.2) is 0 Å². The zero-order chi connectivity index (χ0) is 24.1. The average Bonchev–Trinajstić information content (AvgIpc) is 2.75. The Kier molecular flexibility index (Phi) is 9.04. The summed E-state index contributed by atoms with van der Waals surface area (Å²) in [6.45, 7) is 4.24. The van der Waals surface area contributed by atoms with Gasteiger partial charge in [-0.15, -0.1) is 0 Å². The molecule has 0 atom stereocenters. The summed E-state index contributed by atoms with van der Waals surface area (Å²) in [6, 6.07) is 16.8. The van der Waals surface area contributed by atoms with Gasteiger partial charge in [0.2, 0.25) is 0 Å². The first-order valence-electron chi connectivity index (χ1n) is 9.74. The molecule has 4 nitrogen and oxygen atoms in total. The molecule has 3 rings (SSSR count). The number of benzene rings is 3. The number of carbonyl (C=O) groups is 1. The third-order valence-electron chi connectivity index (χ3n) is 4.69. The van der Waals surface area contributed by atoms with Gasteiger partial charge in [-0.2, -0.15) is 5.26 Å². The lowest BCUT2D eigenvalue weighted by Gasteiger charge is -2.12. The molecule has 0 aliphatic carbocycles. The van der Waals surface area contributed by atoms with E-state index in [4.69, 9.17) is 27.9 Å². The summed E-state index contributed by atoms with van der Waals surface area (Å²) < 4.78 is 7.72. The fourth-order valence-electron chi connectivity index (χ4n) is 3.04. The maximum absolute atomic E-state index is 12.7. The number of nitrogens with zero attached hydrogens (tertiary/aromatic N) is 1. The molecule has 0 saturated carbocycles. The Morgan fingerprint density at radius 1 is 1.06 bits per heavy atom. The van der Waals surface area contributed by atoms with Crippen LogP contribution >= 0.6 is 68.4 Å². The number of nitriles is 1. The van der Waals surface area contributed by atoms with Gasteiger partial charge in [0.1, 0.15) is 24.0 Å². The lowest BCUT2D eigenvalue weighted by molar-refractivity contribution is -0.112. The standard InChI is InChI=1S/C25H18Cl2I2N2O2/c1-14-3-6-23(15(2)7-14)31-25(32)18(12-30)8-17-10-21(28)24(22(29)11-17)33-13-16-4-5-19(26)20(27)9-16/h3-11H,13H2,1-2H3,(H,31,32)/b18-8+. The van der Waals surface area contributed by atoms with Gasteiger partial charge < -0.3 is 10.1 Å². The number of halogens is 4. The number of carbonyl (C=O) groups excluding carboxylic acids is 1. The van der Waals surface area contributed by atoms with Crippen LogP contribution in [0.15, 0.2) is 54.1 Å². The quantitative estimate of drug-likeness (QED) is 0.161. The lowest BCUT2D eigenvalue weighted by Crippen LogP contribution is -2.14. The monoisotopic (exact) mass is 702 g/mol. The largest absolute Gasteiger partial charge is 0.487 e. The molecule has 3 aromatic rings. The van der Waals surface area contributed by atoms with Gasteiger partial charge in [0, 0.05) is 5.69 Å². The molecule has 0 heterocycles. The van der Waals surface area contributed by atoms with Crippen LogP contribution in [0.25, 0.3) is 6.08 Å². The van der Waals surface area contributed by atoms with Crippen LogP contribution in [0.3, 0.4) is 0 Å². The molecule has 3 aromatic carbocycles. The van der Waals surface area contributed by atoms with Crippen LogP contribution in [0.4, 0.5) is 5.69 Å². The van der Waals surface area contributed by atoms with E-state index in [1.54, 1.807) is 18.2 Å². The summed E-state index contributed by atoms with van der Waals surface area (Å²) in [5, 5.41) is 13.4. The molecular weight excluding hydrogens is 685 g/mol. The van der Waals surface area contributed by atoms with Crippen LogP contribution < -0.4 is 10.1 Å². The highest BCUT2D eigenvalue weighted by Crippen LogP contribution is 2.31. The highest BCUT2D eigenvalue weighted by atomic mass is 127. The maximum atomic E-state index is 12.7. The van der Waals surface area contributed by atoms with Gasteiger partial charge in [0.25, 0.3) is 5.91 Å². The first-order chi connectivity index (χ1) is 15.7. The SMILES string of the molecule is Cc1ccc(NC(=O)/C(C#N)=C/c2cc(I)c(OCc3ccc(Cl)c(Cl)c3)c(I)c2)c(C)c1. The van der Waals surface area contributed by atoms with Gasteiger partial charge in [-0.05, 0) is 112 Å². The Hall–Kier alpha value is -1.80. The second-order valence-electron chi connectivity index (χ2n) is 7.29. The minimum absolute atomic E-state index is 0.0195. The molecule has 0 bridgehead atoms. The van der Waals surface area contributed by atoms with E-state index in [-0.39, 0.29) is 5.57 Å². The Morgan fingerprint density at radius 2 is 1.76 bits per heavy atom. The second kappa shape index (κ2) is 11.6. The Labute approximate surface area is 230 Å². The molecule has 0 aliphatic heterocycles. The third kappa shape index (κ3) is 6.85. The van der Waals surface area contributed by atoms with Gasteiger partial charge in [0.05, 0.1) is 17.2 Å². The van der Waals surface area contributed by atoms with Crippen molar-refractivity contribution in [2.24, 2.45) is 0 Å². The minimum Gasteiger partial charge on any atom is -0.487 e. The molecule has 0 aliphatic rings. The number of anilines is 1. The number of amides is 1. The fourth-order valence-corrected chi connectivity index (χ4v) is 5.49. The van der Waals surface area contributed by atoms with Crippen molar-refractivity contribution in [3.63, 3.8) is 0 Å². The molecule has 1 N–H and O–H groups in total. The van der Waals surface area contributed by atoms with E-state index in [2.05, 4.69) is 50.5 Å². The average molecular weight is 703 g/mol. The Balaban J connectivity index is 1.78. The van der Waals surface area contributed by atoms with Crippen LogP contribution in [-0.2, 0) is 11.4 Å². The van der Waals surface area contributed by atoms with Gasteiger partial charge in [-0.3, -0.25) is 4.79 Å². The van der Waals surface area contributed by atoms with Crippen molar-refractivity contribution in [2.75, 3.05) is 5.32 Å². The third-order valence-corrected chi connectivity index (χ3v) is 7.04. The number of hydrogen-bond acceptors (Lipinski definition) is 3. The van der Waals surface area contributed by atoms with E-state index in [1.165, 1.54) is 0 Å². The highest BCUT2D eigenvalue weighted by molar-refractivity contribution is 14.1. The number of rotatable bonds is 6. The molecule has 8 heteroatoms. The van der Waals surface area contributed by atoms with E-state index >= 15 is 0 Å². The second-order valence-corrected chi connectivity index (χ2v) is 10.4. The lowest BCUT2D eigenvalue weighted by atomic mass is 10.1. The van der Waals surface area contributed by atoms with Crippen molar-refractivity contribution in [1.82, 2.24) is 0 Å². The molecule has 33 heavy (non-hydrogen) atoms. The van der Waals surface area contributed by atoms with Crippen LogP contribution in [0.2, 0.25) is 10.0 Å². The number of hydrogen-bond donors (Lipinski definition) is 1. The van der Waals surface area contributed by atoms with Crippen LogP contribution in [-0.4, -0.2) is 5.91 Å². The summed E-state index contributed by atoms with van der Waals surface area (Å²) in [5.41, 5.74) is 4.38.